The molecule has 0 spiro atoms. The van der Waals surface area contributed by atoms with Gasteiger partial charge in [0.25, 0.3) is 5.91 Å². The molecule has 1 aliphatic carbocycles. The van der Waals surface area contributed by atoms with Crippen LogP contribution in [-0.4, -0.2) is 143 Å². The van der Waals surface area contributed by atoms with Crippen molar-refractivity contribution in [1.29, 1.82) is 5.26 Å². The molecule has 3 saturated heterocycles. The van der Waals surface area contributed by atoms with Crippen LogP contribution in [0.5, 0.6) is 5.75 Å². The summed E-state index contributed by atoms with van der Waals surface area (Å²) in [5.74, 6) is 0.815. The number of pyridine rings is 1. The van der Waals surface area contributed by atoms with E-state index in [4.69, 9.17) is 21.3 Å². The van der Waals surface area contributed by atoms with Crippen LogP contribution in [0.15, 0.2) is 66.3 Å². The van der Waals surface area contributed by atoms with Crippen LogP contribution in [0.2, 0.25) is 5.02 Å². The summed E-state index contributed by atoms with van der Waals surface area (Å²) in [5.41, 5.74) is 4.25. The molecule has 4 aromatic rings. The molecule has 0 bridgehead atoms. The molecular formula is C56H73ClN10O6S. The van der Waals surface area contributed by atoms with Crippen molar-refractivity contribution >= 4 is 52.4 Å². The quantitative estimate of drug-likeness (QED) is 0.0913. The molecule has 5 atom stereocenters. The lowest BCUT2D eigenvalue weighted by Gasteiger charge is -2.63. The van der Waals surface area contributed by atoms with E-state index < -0.39 is 23.6 Å². The zero-order valence-electron chi connectivity index (χ0n) is 44.3. The van der Waals surface area contributed by atoms with Gasteiger partial charge in [-0.05, 0) is 80.0 Å². The molecule has 1 saturated carbocycles. The Balaban J connectivity index is 0.756. The number of hydrogen-bond acceptors (Lipinski definition) is 13. The Morgan fingerprint density at radius 1 is 0.946 bits per heavy atom. The van der Waals surface area contributed by atoms with Gasteiger partial charge < -0.3 is 40.5 Å². The van der Waals surface area contributed by atoms with E-state index in [0.717, 1.165) is 86.2 Å². The molecule has 74 heavy (non-hydrogen) atoms. The van der Waals surface area contributed by atoms with Crippen LogP contribution >= 0.6 is 22.9 Å². The van der Waals surface area contributed by atoms with E-state index in [0.29, 0.717) is 27.8 Å². The number of aliphatic hydroxyl groups is 1. The highest BCUT2D eigenvalue weighted by Gasteiger charge is 2.64. The number of nitriles is 1. The summed E-state index contributed by atoms with van der Waals surface area (Å²) >= 11 is 7.85. The van der Waals surface area contributed by atoms with Gasteiger partial charge in [0.1, 0.15) is 35.8 Å². The number of anilines is 1. The van der Waals surface area contributed by atoms with E-state index in [1.807, 2.05) is 76.5 Å². The Hall–Kier alpha value is -5.64. The lowest BCUT2D eigenvalue weighted by Crippen LogP contribution is -2.74. The summed E-state index contributed by atoms with van der Waals surface area (Å²) in [5, 5.41) is 29.7. The molecule has 4 fully saturated rings. The lowest BCUT2D eigenvalue weighted by molar-refractivity contribution is -0.164. The number of likely N-dealkylation sites (tertiary alicyclic amines) is 1. The first-order chi connectivity index (χ1) is 35.0. The number of aliphatic hydroxyl groups excluding tert-OH is 1. The highest BCUT2D eigenvalue weighted by molar-refractivity contribution is 7.13. The van der Waals surface area contributed by atoms with Crippen LogP contribution in [0.1, 0.15) is 108 Å². The first-order valence-corrected chi connectivity index (χ1v) is 27.2. The van der Waals surface area contributed by atoms with Gasteiger partial charge in [-0.1, -0.05) is 84.3 Å². The van der Waals surface area contributed by atoms with Crippen molar-refractivity contribution < 1.29 is 29.0 Å². The molecule has 3 aliphatic heterocycles. The number of benzene rings is 2. The number of amides is 4. The standard InChI is InChI=1S/C56H73ClN10O6S/c1-34(37-10-12-38(13-11-37)47-35(2)60-33-74-47)61-50(71)44-26-41(68)31-67(44)51(72)48(54(3,4)5)62-46(69)32-65-24-22-64(23-25-65)20-18-36-19-21-66(30-36)45-17-15-40(29-59-45)49(70)63-52-55(6,7)53(56(52,8)9)73-42-16-14-39(28-58)43(57)27-42/h10-17,27,29,33-34,36,41,44,48,52-53,68H,18-26,30-32H2,1-9H3,(H,61,71)(H,62,69)(H,63,70)/t34-,36?,41+,44?,48+,52-,53-/m0/s1. The summed E-state index contributed by atoms with van der Waals surface area (Å²) in [6.45, 7) is 24.0. The average molecular weight is 1050 g/mol. The number of hydrogen-bond donors (Lipinski definition) is 4. The molecule has 4 amide bonds. The minimum atomic E-state index is -0.896. The van der Waals surface area contributed by atoms with E-state index in [1.165, 1.54) is 4.90 Å². The number of aryl methyl sites for hydroxylation is 1. The van der Waals surface area contributed by atoms with E-state index in [9.17, 15) is 29.5 Å². The topological polar surface area (TPSA) is 196 Å². The largest absolute Gasteiger partial charge is 0.489 e. The number of aromatic nitrogens is 2. The van der Waals surface area contributed by atoms with Crippen LogP contribution in [0.4, 0.5) is 5.82 Å². The number of halogens is 1. The maximum atomic E-state index is 14.3. The molecule has 2 aromatic heterocycles. The Labute approximate surface area is 445 Å². The van der Waals surface area contributed by atoms with Crippen molar-refractivity contribution in [3.63, 3.8) is 0 Å². The first kappa shape index (κ1) is 54.6. The third kappa shape index (κ3) is 12.1. The number of piperazine rings is 1. The zero-order valence-corrected chi connectivity index (χ0v) is 45.9. The van der Waals surface area contributed by atoms with E-state index in [2.05, 4.69) is 69.4 Å². The molecule has 4 N–H and O–H groups in total. The number of thiazole rings is 1. The smallest absolute Gasteiger partial charge is 0.253 e. The molecule has 4 aliphatic rings. The molecule has 2 aromatic carbocycles. The molecule has 18 heteroatoms. The summed E-state index contributed by atoms with van der Waals surface area (Å²) in [7, 11) is 0. The lowest BCUT2D eigenvalue weighted by atomic mass is 9.49. The van der Waals surface area contributed by atoms with Crippen molar-refractivity contribution in [3.8, 4) is 22.3 Å². The predicted octanol–water partition coefficient (Wildman–Crippen LogP) is 6.85. The van der Waals surface area contributed by atoms with Gasteiger partial charge in [-0.25, -0.2) is 9.97 Å². The van der Waals surface area contributed by atoms with Crippen LogP contribution in [-0.2, 0) is 14.4 Å². The highest BCUT2D eigenvalue weighted by Crippen LogP contribution is 2.55. The Morgan fingerprint density at radius 3 is 2.27 bits per heavy atom. The monoisotopic (exact) mass is 1050 g/mol. The van der Waals surface area contributed by atoms with Gasteiger partial charge in [-0.15, -0.1) is 11.3 Å². The van der Waals surface area contributed by atoms with Crippen LogP contribution in [0, 0.1) is 40.4 Å². The number of carbonyl (C=O) groups excluding carboxylic acids is 4. The van der Waals surface area contributed by atoms with Gasteiger partial charge in [-0.2, -0.15) is 5.26 Å². The number of rotatable bonds is 16. The van der Waals surface area contributed by atoms with Crippen molar-refractivity contribution in [1.82, 2.24) is 40.6 Å². The third-order valence-corrected chi connectivity index (χ3v) is 17.1. The number of nitrogens with zero attached hydrogens (tertiary/aromatic N) is 7. The summed E-state index contributed by atoms with van der Waals surface area (Å²) in [6, 6.07) is 16.7. The highest BCUT2D eigenvalue weighted by atomic mass is 35.5. The van der Waals surface area contributed by atoms with Crippen molar-refractivity contribution in [2.45, 2.75) is 118 Å². The van der Waals surface area contributed by atoms with E-state index in [-0.39, 0.29) is 72.2 Å². The van der Waals surface area contributed by atoms with E-state index in [1.54, 1.807) is 35.7 Å². The third-order valence-electron chi connectivity index (χ3n) is 15.8. The first-order valence-electron chi connectivity index (χ1n) is 25.9. The fraction of sp³-hybridized carbons (Fsp3) is 0.554. The SMILES string of the molecule is Cc1ncsc1-c1ccc([C@H](C)NC(=O)C2C[C@@H](O)CN2C(=O)[C@@H](NC(=O)CN2CCN(CCC3CCN(c4ccc(C(=O)N[C@H]5C(C)(C)[C@H](Oc6ccc(C#N)c(Cl)c6)C5(C)C)cn4)C3)CC2)C(C)(C)C)cc1. The maximum Gasteiger partial charge on any atom is 0.253 e. The normalized spacial score (nSPS) is 23.6. The Morgan fingerprint density at radius 2 is 1.65 bits per heavy atom. The van der Waals surface area contributed by atoms with Crippen LogP contribution < -0.4 is 25.6 Å². The van der Waals surface area contributed by atoms with Gasteiger partial charge in [0.05, 0.1) is 50.9 Å². The molecule has 0 radical (unpaired) electrons. The van der Waals surface area contributed by atoms with Crippen molar-refractivity contribution in [2.75, 3.05) is 63.8 Å². The summed E-state index contributed by atoms with van der Waals surface area (Å²) < 4.78 is 6.39. The predicted molar refractivity (Wildman–Crippen MR) is 288 cm³/mol. The van der Waals surface area contributed by atoms with Crippen molar-refractivity contribution in [2.24, 2.45) is 22.2 Å². The van der Waals surface area contributed by atoms with Crippen LogP contribution in [0.3, 0.4) is 0 Å². The summed E-state index contributed by atoms with van der Waals surface area (Å²) in [6.07, 6.45) is 2.83. The number of carbonyl (C=O) groups is 4. The summed E-state index contributed by atoms with van der Waals surface area (Å²) in [4.78, 5) is 73.7. The van der Waals surface area contributed by atoms with Gasteiger partial charge in [0, 0.05) is 81.4 Å². The van der Waals surface area contributed by atoms with Crippen molar-refractivity contribution in [3.05, 3.63) is 93.7 Å². The molecule has 2 unspecified atom stereocenters. The molecule has 5 heterocycles. The average Bonchev–Trinajstić information content (AvgIpc) is 4.13. The van der Waals surface area contributed by atoms with Gasteiger partial charge >= 0.3 is 0 Å². The molecule has 396 valence electrons. The zero-order chi connectivity index (χ0) is 53.3. The minimum Gasteiger partial charge on any atom is -0.489 e. The van der Waals surface area contributed by atoms with E-state index >= 15 is 0 Å². The Kier molecular flexibility index (Phi) is 16.5. The van der Waals surface area contributed by atoms with Gasteiger partial charge in [0.15, 0.2) is 0 Å². The fourth-order valence-electron chi connectivity index (χ4n) is 11.8. The van der Waals surface area contributed by atoms with Crippen LogP contribution in [0.25, 0.3) is 10.4 Å². The second kappa shape index (κ2) is 22.3. The number of ether oxygens (including phenoxy) is 1. The molecule has 16 nitrogen and oxygen atoms in total. The minimum absolute atomic E-state index is 0.0138. The van der Waals surface area contributed by atoms with Gasteiger partial charge in [-0.3, -0.25) is 24.1 Å². The maximum absolute atomic E-state index is 14.3. The molecular weight excluding hydrogens is 976 g/mol. The fourth-order valence-corrected chi connectivity index (χ4v) is 12.8. The Bertz CT molecular complexity index is 2700. The molecule has 8 rings (SSSR count). The number of nitrogens with one attached hydrogen (secondary N) is 3. The second-order valence-corrected chi connectivity index (χ2v) is 24.4. The van der Waals surface area contributed by atoms with Gasteiger partial charge in [0.2, 0.25) is 17.7 Å². The number of β-amino-alcohol motifs (C(OH)–C–C–N with tert-alkyl or cyclic N) is 1. The second-order valence-electron chi connectivity index (χ2n) is 23.1.